The molecule has 1 amide bonds. The monoisotopic (exact) mass is 408 g/mol. The van der Waals surface area contributed by atoms with Crippen LogP contribution in [0.4, 0.5) is 0 Å². The van der Waals surface area contributed by atoms with Crippen LogP contribution in [0.15, 0.2) is 35.4 Å². The van der Waals surface area contributed by atoms with Crippen LogP contribution in [0, 0.1) is 6.92 Å². The van der Waals surface area contributed by atoms with Crippen LogP contribution in [0.5, 0.6) is 17.2 Å². The third-order valence-electron chi connectivity index (χ3n) is 3.91. The Morgan fingerprint density at radius 3 is 2.59 bits per heavy atom. The van der Waals surface area contributed by atoms with E-state index in [9.17, 15) is 4.79 Å². The Kier molecular flexibility index (Phi) is 5.48. The predicted octanol–water partition coefficient (Wildman–Crippen LogP) is 4.34. The van der Waals surface area contributed by atoms with Gasteiger partial charge in [0.05, 0.1) is 11.2 Å². The Hall–Kier alpha value is -2.44. The fourth-order valence-electron chi connectivity index (χ4n) is 2.35. The van der Waals surface area contributed by atoms with Gasteiger partial charge in [-0.2, -0.15) is 5.10 Å². The Morgan fingerprint density at radius 1 is 1.19 bits per heavy atom. The van der Waals surface area contributed by atoms with Gasteiger partial charge < -0.3 is 14.2 Å². The lowest BCUT2D eigenvalue weighted by atomic mass is 10.1. The molecule has 1 aliphatic heterocycles. The molecule has 0 spiro atoms. The molecule has 0 bridgehead atoms. The largest absolute Gasteiger partial charge is 0.478 e. The first-order chi connectivity index (χ1) is 12.8. The van der Waals surface area contributed by atoms with E-state index in [1.54, 1.807) is 44.2 Å². The van der Waals surface area contributed by atoms with Gasteiger partial charge in [0, 0.05) is 16.7 Å². The van der Waals surface area contributed by atoms with Gasteiger partial charge >= 0.3 is 0 Å². The molecular weight excluding hydrogens is 391 g/mol. The number of amides is 1. The summed E-state index contributed by atoms with van der Waals surface area (Å²) in [6, 6.07) is 8.54. The van der Waals surface area contributed by atoms with Crippen molar-refractivity contribution in [2.45, 2.75) is 26.4 Å². The molecule has 27 heavy (non-hydrogen) atoms. The number of rotatable bonds is 5. The zero-order chi connectivity index (χ0) is 19.6. The average molecular weight is 409 g/mol. The predicted molar refractivity (Wildman–Crippen MR) is 104 cm³/mol. The van der Waals surface area contributed by atoms with Crippen molar-refractivity contribution in [2.24, 2.45) is 5.10 Å². The van der Waals surface area contributed by atoms with E-state index in [2.05, 4.69) is 10.5 Å². The quantitative estimate of drug-likeness (QED) is 0.589. The Labute approximate surface area is 167 Å². The smallest absolute Gasteiger partial charge is 0.283 e. The molecule has 1 heterocycles. The molecule has 0 unspecified atom stereocenters. The Balaban J connectivity index is 1.65. The van der Waals surface area contributed by atoms with E-state index in [-0.39, 0.29) is 6.79 Å². The Morgan fingerprint density at radius 2 is 1.89 bits per heavy atom. The molecule has 3 rings (SSSR count). The van der Waals surface area contributed by atoms with Gasteiger partial charge in [0.15, 0.2) is 17.1 Å². The summed E-state index contributed by atoms with van der Waals surface area (Å²) in [5, 5.41) is 5.03. The van der Waals surface area contributed by atoms with Gasteiger partial charge in [-0.1, -0.05) is 23.2 Å². The van der Waals surface area contributed by atoms with Gasteiger partial charge in [-0.3, -0.25) is 4.79 Å². The van der Waals surface area contributed by atoms with Crippen molar-refractivity contribution >= 4 is 35.3 Å². The molecule has 2 aromatic rings. The average Bonchev–Trinajstić information content (AvgIpc) is 3.05. The number of hydrogen-bond donors (Lipinski definition) is 1. The minimum atomic E-state index is -1.14. The van der Waals surface area contributed by atoms with E-state index < -0.39 is 11.5 Å². The Bertz CT molecular complexity index is 913. The van der Waals surface area contributed by atoms with Gasteiger partial charge in [0.1, 0.15) is 5.75 Å². The molecule has 1 N–H and O–H groups in total. The van der Waals surface area contributed by atoms with Crippen molar-refractivity contribution in [3.63, 3.8) is 0 Å². The summed E-state index contributed by atoms with van der Waals surface area (Å²) in [6.07, 6.45) is 1.44. The second-order valence-electron chi connectivity index (χ2n) is 6.45. The van der Waals surface area contributed by atoms with Crippen molar-refractivity contribution in [2.75, 3.05) is 6.79 Å². The highest BCUT2D eigenvalue weighted by Gasteiger charge is 2.30. The summed E-state index contributed by atoms with van der Waals surface area (Å²) in [7, 11) is 0. The van der Waals surface area contributed by atoms with Crippen molar-refractivity contribution in [3.8, 4) is 17.2 Å². The number of carbonyl (C=O) groups excluding carboxylic acids is 1. The van der Waals surface area contributed by atoms with Gasteiger partial charge in [0.25, 0.3) is 5.91 Å². The van der Waals surface area contributed by atoms with Crippen LogP contribution in [0.1, 0.15) is 25.0 Å². The van der Waals surface area contributed by atoms with Crippen molar-refractivity contribution in [3.05, 3.63) is 51.5 Å². The highest BCUT2D eigenvalue weighted by molar-refractivity contribution is 6.33. The molecule has 142 valence electrons. The molecule has 0 aliphatic carbocycles. The lowest BCUT2D eigenvalue weighted by Crippen LogP contribution is -2.44. The lowest BCUT2D eigenvalue weighted by molar-refractivity contribution is -0.134. The van der Waals surface area contributed by atoms with E-state index in [0.717, 1.165) is 5.56 Å². The van der Waals surface area contributed by atoms with Crippen molar-refractivity contribution in [1.82, 2.24) is 5.43 Å². The molecule has 2 aromatic carbocycles. The number of nitrogens with one attached hydrogen (secondary N) is 1. The van der Waals surface area contributed by atoms with Crippen LogP contribution in [0.3, 0.4) is 0 Å². The normalized spacial score (nSPS) is 13.1. The third kappa shape index (κ3) is 4.46. The van der Waals surface area contributed by atoms with Gasteiger partial charge in [-0.05, 0) is 50.6 Å². The van der Waals surface area contributed by atoms with Crippen LogP contribution in [0.2, 0.25) is 10.0 Å². The molecule has 0 saturated heterocycles. The number of ether oxygens (including phenoxy) is 3. The van der Waals surface area contributed by atoms with Crippen LogP contribution >= 0.6 is 23.2 Å². The molecule has 0 saturated carbocycles. The van der Waals surface area contributed by atoms with Gasteiger partial charge in [0.2, 0.25) is 6.79 Å². The summed E-state index contributed by atoms with van der Waals surface area (Å²) in [6.45, 7) is 5.31. The van der Waals surface area contributed by atoms with Crippen molar-refractivity contribution in [1.29, 1.82) is 0 Å². The second-order valence-corrected chi connectivity index (χ2v) is 7.26. The second kappa shape index (κ2) is 7.66. The minimum Gasteiger partial charge on any atom is -0.478 e. The zero-order valence-electron chi connectivity index (χ0n) is 15.0. The van der Waals surface area contributed by atoms with Gasteiger partial charge in [-0.25, -0.2) is 5.43 Å². The molecule has 0 atom stereocenters. The van der Waals surface area contributed by atoms with E-state index >= 15 is 0 Å². The maximum atomic E-state index is 12.4. The highest BCUT2D eigenvalue weighted by Crippen LogP contribution is 2.36. The summed E-state index contributed by atoms with van der Waals surface area (Å²) < 4.78 is 16.3. The van der Waals surface area contributed by atoms with Crippen LogP contribution in [0.25, 0.3) is 0 Å². The molecule has 1 aliphatic rings. The number of fused-ring (bicyclic) bond motifs is 1. The number of benzene rings is 2. The molecule has 0 radical (unpaired) electrons. The molecule has 0 aromatic heterocycles. The summed E-state index contributed by atoms with van der Waals surface area (Å²) in [5.41, 5.74) is 2.77. The number of aryl methyl sites for hydroxylation is 1. The van der Waals surface area contributed by atoms with Crippen LogP contribution < -0.4 is 19.6 Å². The number of nitrogens with zero attached hydrogens (tertiary/aromatic N) is 1. The molecule has 0 fully saturated rings. The SMILES string of the molecule is Cc1cc(OC(C)(C)C(=O)N/N=C\c2cc3c(cc2Cl)OCO3)ccc1Cl. The molecule has 8 heteroatoms. The third-order valence-corrected chi connectivity index (χ3v) is 4.66. The minimum absolute atomic E-state index is 0.151. The lowest BCUT2D eigenvalue weighted by Gasteiger charge is -2.24. The summed E-state index contributed by atoms with van der Waals surface area (Å²) in [5.74, 6) is 1.28. The number of hydrogen-bond acceptors (Lipinski definition) is 5. The van der Waals surface area contributed by atoms with Crippen LogP contribution in [-0.4, -0.2) is 24.5 Å². The standard InChI is InChI=1S/C19H18Cl2N2O4/c1-11-6-13(4-5-14(11)20)27-19(2,3)18(24)23-22-9-12-7-16-17(8-15(12)21)26-10-25-16/h4-9H,10H2,1-3H3,(H,23,24)/b22-9-. The summed E-state index contributed by atoms with van der Waals surface area (Å²) in [4.78, 5) is 12.4. The highest BCUT2D eigenvalue weighted by atomic mass is 35.5. The maximum Gasteiger partial charge on any atom is 0.283 e. The maximum absolute atomic E-state index is 12.4. The molecular formula is C19H18Cl2N2O4. The number of hydrazone groups is 1. The van der Waals surface area contributed by atoms with E-state index in [4.69, 9.17) is 37.4 Å². The first kappa shape index (κ1) is 19.3. The fraction of sp³-hybridized carbons (Fsp3) is 0.263. The number of carbonyl (C=O) groups is 1. The molecule has 6 nitrogen and oxygen atoms in total. The zero-order valence-corrected chi connectivity index (χ0v) is 16.5. The first-order valence-corrected chi connectivity index (χ1v) is 8.90. The van der Waals surface area contributed by atoms with E-state index in [1.807, 2.05) is 6.92 Å². The van der Waals surface area contributed by atoms with E-state index in [0.29, 0.717) is 32.9 Å². The first-order valence-electron chi connectivity index (χ1n) is 8.14. The topological polar surface area (TPSA) is 69.2 Å². The van der Waals surface area contributed by atoms with E-state index in [1.165, 1.54) is 6.21 Å². The van der Waals surface area contributed by atoms with Crippen molar-refractivity contribution < 1.29 is 19.0 Å². The van der Waals surface area contributed by atoms with Crippen LogP contribution in [-0.2, 0) is 4.79 Å². The fourth-order valence-corrected chi connectivity index (χ4v) is 2.67. The summed E-state index contributed by atoms with van der Waals surface area (Å²) >= 11 is 12.2. The number of halogens is 2. The van der Waals surface area contributed by atoms with Gasteiger partial charge in [-0.15, -0.1) is 0 Å².